The molecule has 0 spiro atoms. The van der Waals surface area contributed by atoms with Crippen LogP contribution in [-0.4, -0.2) is 31.0 Å². The van der Waals surface area contributed by atoms with Crippen LogP contribution in [-0.2, 0) is 0 Å². The minimum Gasteiger partial charge on any atom is -0.497 e. The fraction of sp³-hybridized carbons (Fsp3) is 0.227. The first-order chi connectivity index (χ1) is 12.7. The van der Waals surface area contributed by atoms with Gasteiger partial charge in [0.1, 0.15) is 5.75 Å². The van der Waals surface area contributed by atoms with Gasteiger partial charge in [-0.25, -0.2) is 0 Å². The van der Waals surface area contributed by atoms with E-state index in [1.54, 1.807) is 7.11 Å². The predicted molar refractivity (Wildman–Crippen MR) is 110 cm³/mol. The highest BCUT2D eigenvalue weighted by Gasteiger charge is 2.01. The largest absolute Gasteiger partial charge is 0.497 e. The number of aromatic nitrogens is 1. The second kappa shape index (κ2) is 8.39. The second-order valence-corrected chi connectivity index (χ2v) is 6.00. The van der Waals surface area contributed by atoms with Gasteiger partial charge in [0, 0.05) is 48.6 Å². The summed E-state index contributed by atoms with van der Waals surface area (Å²) in [5.74, 6) is 0.857. The van der Waals surface area contributed by atoms with Gasteiger partial charge in [-0.15, -0.1) is 0 Å². The van der Waals surface area contributed by atoms with E-state index in [9.17, 15) is 0 Å². The molecule has 0 saturated heterocycles. The summed E-state index contributed by atoms with van der Waals surface area (Å²) in [5, 5.41) is 0. The van der Waals surface area contributed by atoms with Crippen LogP contribution in [0.5, 0.6) is 5.75 Å². The number of anilines is 1. The molecule has 0 saturated carbocycles. The lowest BCUT2D eigenvalue weighted by Crippen LogP contribution is -2.21. The summed E-state index contributed by atoms with van der Waals surface area (Å²) in [6.07, 6.45) is 5.99. The van der Waals surface area contributed by atoms with Crippen LogP contribution in [0.1, 0.15) is 19.4 Å². The molecule has 2 aromatic carbocycles. The molecule has 1 heterocycles. The summed E-state index contributed by atoms with van der Waals surface area (Å²) in [6, 6.07) is 18.4. The summed E-state index contributed by atoms with van der Waals surface area (Å²) < 4.78 is 7.28. The van der Waals surface area contributed by atoms with Gasteiger partial charge in [0.25, 0.3) is 0 Å². The third kappa shape index (κ3) is 4.14. The van der Waals surface area contributed by atoms with E-state index in [2.05, 4.69) is 64.8 Å². The molecule has 134 valence electrons. The van der Waals surface area contributed by atoms with Crippen LogP contribution >= 0.6 is 0 Å². The lowest BCUT2D eigenvalue weighted by molar-refractivity contribution is 0.415. The number of benzene rings is 2. The highest BCUT2D eigenvalue weighted by atomic mass is 16.5. The molecule has 0 fully saturated rings. The molecule has 1 aromatic heterocycles. The third-order valence-electron chi connectivity index (χ3n) is 4.43. The molecular formula is C22H25N3O. The quantitative estimate of drug-likeness (QED) is 0.558. The van der Waals surface area contributed by atoms with E-state index in [0.29, 0.717) is 0 Å². The number of aliphatic imine (C=N–C) groups is 1. The van der Waals surface area contributed by atoms with Crippen molar-refractivity contribution in [2.75, 3.05) is 25.1 Å². The van der Waals surface area contributed by atoms with Gasteiger partial charge in [0.05, 0.1) is 12.8 Å². The molecule has 0 N–H and O–H groups in total. The standard InChI is InChI=1S/C22H25N3O/c1-4-24(5-2)20-8-6-19(7-9-20)23-16-18-14-15-25(17-18)21-10-12-22(26-3)13-11-21/h6-17H,4-5H2,1-3H3. The Morgan fingerprint density at radius 1 is 0.962 bits per heavy atom. The average molecular weight is 347 g/mol. The number of hydrogen-bond donors (Lipinski definition) is 0. The first-order valence-corrected chi connectivity index (χ1v) is 8.95. The smallest absolute Gasteiger partial charge is 0.119 e. The van der Waals surface area contributed by atoms with E-state index in [1.807, 2.05) is 36.7 Å². The van der Waals surface area contributed by atoms with Crippen LogP contribution in [0.15, 0.2) is 72.0 Å². The molecule has 4 heteroatoms. The lowest BCUT2D eigenvalue weighted by atomic mass is 10.2. The summed E-state index contributed by atoms with van der Waals surface area (Å²) in [4.78, 5) is 6.91. The van der Waals surface area contributed by atoms with Crippen molar-refractivity contribution in [3.8, 4) is 11.4 Å². The lowest BCUT2D eigenvalue weighted by Gasteiger charge is -2.20. The van der Waals surface area contributed by atoms with Gasteiger partial charge in [0.2, 0.25) is 0 Å². The molecule has 0 aliphatic carbocycles. The number of ether oxygens (including phenoxy) is 1. The molecule has 0 amide bonds. The Bertz CT molecular complexity index is 844. The van der Waals surface area contributed by atoms with Crippen molar-refractivity contribution in [2.24, 2.45) is 4.99 Å². The highest BCUT2D eigenvalue weighted by molar-refractivity contribution is 5.82. The maximum Gasteiger partial charge on any atom is 0.119 e. The first-order valence-electron chi connectivity index (χ1n) is 8.95. The van der Waals surface area contributed by atoms with Crippen molar-refractivity contribution in [3.63, 3.8) is 0 Å². The molecule has 0 unspecified atom stereocenters. The van der Waals surface area contributed by atoms with Gasteiger partial charge < -0.3 is 14.2 Å². The van der Waals surface area contributed by atoms with Crippen LogP contribution in [0.3, 0.4) is 0 Å². The minimum atomic E-state index is 0.857. The number of hydrogen-bond acceptors (Lipinski definition) is 3. The van der Waals surface area contributed by atoms with Crippen LogP contribution in [0.2, 0.25) is 0 Å². The molecule has 26 heavy (non-hydrogen) atoms. The van der Waals surface area contributed by atoms with E-state index in [-0.39, 0.29) is 0 Å². The Kier molecular flexibility index (Phi) is 5.74. The normalized spacial score (nSPS) is 11.0. The average Bonchev–Trinajstić information content (AvgIpc) is 3.17. The van der Waals surface area contributed by atoms with Crippen molar-refractivity contribution in [1.82, 2.24) is 4.57 Å². The van der Waals surface area contributed by atoms with Crippen molar-refractivity contribution in [1.29, 1.82) is 0 Å². The molecule has 0 aliphatic rings. The van der Waals surface area contributed by atoms with E-state index in [0.717, 1.165) is 35.8 Å². The van der Waals surface area contributed by atoms with Gasteiger partial charge in [-0.2, -0.15) is 0 Å². The Labute approximate surface area is 155 Å². The summed E-state index contributed by atoms with van der Waals surface area (Å²) >= 11 is 0. The van der Waals surface area contributed by atoms with Crippen molar-refractivity contribution in [3.05, 3.63) is 72.6 Å². The molecule has 0 aliphatic heterocycles. The fourth-order valence-electron chi connectivity index (χ4n) is 2.89. The van der Waals surface area contributed by atoms with Gasteiger partial charge in [-0.3, -0.25) is 4.99 Å². The Morgan fingerprint density at radius 3 is 2.27 bits per heavy atom. The predicted octanol–water partition coefficient (Wildman–Crippen LogP) is 5.08. The molecule has 0 atom stereocenters. The zero-order chi connectivity index (χ0) is 18.4. The first kappa shape index (κ1) is 17.8. The van der Waals surface area contributed by atoms with Crippen molar-refractivity contribution < 1.29 is 4.74 Å². The van der Waals surface area contributed by atoms with Crippen molar-refractivity contribution >= 4 is 17.6 Å². The van der Waals surface area contributed by atoms with Crippen LogP contribution in [0.25, 0.3) is 5.69 Å². The van der Waals surface area contributed by atoms with Gasteiger partial charge >= 0.3 is 0 Å². The van der Waals surface area contributed by atoms with E-state index < -0.39 is 0 Å². The fourth-order valence-corrected chi connectivity index (χ4v) is 2.89. The molecule has 0 bridgehead atoms. The zero-order valence-electron chi connectivity index (χ0n) is 15.6. The monoisotopic (exact) mass is 347 g/mol. The van der Waals surface area contributed by atoms with Crippen LogP contribution in [0, 0.1) is 0 Å². The van der Waals surface area contributed by atoms with Crippen LogP contribution in [0.4, 0.5) is 11.4 Å². The van der Waals surface area contributed by atoms with Crippen molar-refractivity contribution in [2.45, 2.75) is 13.8 Å². The second-order valence-electron chi connectivity index (χ2n) is 6.00. The number of nitrogens with zero attached hydrogens (tertiary/aromatic N) is 3. The Balaban J connectivity index is 1.70. The SMILES string of the molecule is CCN(CC)c1ccc(N=Cc2ccn(-c3ccc(OC)cc3)c2)cc1. The maximum absolute atomic E-state index is 5.20. The zero-order valence-corrected chi connectivity index (χ0v) is 15.6. The third-order valence-corrected chi connectivity index (χ3v) is 4.43. The topological polar surface area (TPSA) is 29.8 Å². The summed E-state index contributed by atoms with van der Waals surface area (Å²) in [7, 11) is 1.67. The van der Waals surface area contributed by atoms with Gasteiger partial charge in [-0.1, -0.05) is 0 Å². The van der Waals surface area contributed by atoms with Crippen LogP contribution < -0.4 is 9.64 Å². The molecule has 4 nitrogen and oxygen atoms in total. The molecular weight excluding hydrogens is 322 g/mol. The molecule has 3 rings (SSSR count). The Morgan fingerprint density at radius 2 is 1.65 bits per heavy atom. The number of methoxy groups -OCH3 is 1. The minimum absolute atomic E-state index is 0.857. The highest BCUT2D eigenvalue weighted by Crippen LogP contribution is 2.20. The summed E-state index contributed by atoms with van der Waals surface area (Å²) in [5.41, 5.74) is 4.35. The van der Waals surface area contributed by atoms with Gasteiger partial charge in [-0.05, 0) is 68.4 Å². The number of rotatable bonds is 7. The molecule has 0 radical (unpaired) electrons. The summed E-state index contributed by atoms with van der Waals surface area (Å²) in [6.45, 7) is 6.36. The van der Waals surface area contributed by atoms with E-state index in [1.165, 1.54) is 5.69 Å². The van der Waals surface area contributed by atoms with E-state index >= 15 is 0 Å². The molecule has 3 aromatic rings. The van der Waals surface area contributed by atoms with E-state index in [4.69, 9.17) is 4.74 Å². The van der Waals surface area contributed by atoms with Gasteiger partial charge in [0.15, 0.2) is 0 Å². The Hall–Kier alpha value is -3.01. The maximum atomic E-state index is 5.20.